The maximum absolute atomic E-state index is 11.9. The highest BCUT2D eigenvalue weighted by atomic mass is 35.5. The predicted molar refractivity (Wildman–Crippen MR) is 94.0 cm³/mol. The average molecular weight is 369 g/mol. The second kappa shape index (κ2) is 10.4. The summed E-state index contributed by atoms with van der Waals surface area (Å²) in [5, 5.41) is 9.24. The van der Waals surface area contributed by atoms with Gasteiger partial charge in [-0.3, -0.25) is 14.9 Å². The third-order valence-electron chi connectivity index (χ3n) is 3.09. The average Bonchev–Trinajstić information content (AvgIpc) is 3.01. The summed E-state index contributed by atoms with van der Waals surface area (Å²) in [5.74, 6) is -0.580. The lowest BCUT2D eigenvalue weighted by Gasteiger charge is -2.08. The van der Waals surface area contributed by atoms with Crippen molar-refractivity contribution in [3.63, 3.8) is 0 Å². The van der Waals surface area contributed by atoms with E-state index < -0.39 is 11.9 Å². The van der Waals surface area contributed by atoms with Crippen molar-refractivity contribution in [2.45, 2.75) is 19.1 Å². The number of rotatable bonds is 8. The molecule has 0 saturated heterocycles. The highest BCUT2D eigenvalue weighted by molar-refractivity contribution is 5.93. The molecule has 0 saturated carbocycles. The van der Waals surface area contributed by atoms with Crippen molar-refractivity contribution >= 4 is 30.2 Å². The topological polar surface area (TPSA) is 124 Å². The van der Waals surface area contributed by atoms with Gasteiger partial charge in [0.25, 0.3) is 0 Å². The van der Waals surface area contributed by atoms with Crippen molar-refractivity contribution in [2.24, 2.45) is 5.73 Å². The Bertz CT molecular complexity index is 679. The van der Waals surface area contributed by atoms with Crippen molar-refractivity contribution in [3.8, 4) is 0 Å². The molecule has 0 aliphatic heterocycles. The molecule has 2 rings (SSSR count). The smallest absolute Gasteiger partial charge is 0.248 e. The highest BCUT2D eigenvalue weighted by Crippen LogP contribution is 1.99. The first-order valence-electron chi connectivity index (χ1n) is 7.34. The Kier molecular flexibility index (Phi) is 8.54. The van der Waals surface area contributed by atoms with E-state index in [1.54, 1.807) is 0 Å². The zero-order valence-electron chi connectivity index (χ0n) is 13.7. The number of ether oxygens (including phenoxy) is 1. The zero-order valence-corrected chi connectivity index (χ0v) is 14.5. The first-order chi connectivity index (χ1) is 11.6. The Morgan fingerprint density at radius 2 is 2.04 bits per heavy atom. The Labute approximate surface area is 151 Å². The molecule has 1 aromatic heterocycles. The number of nitrogens with zero attached hydrogens (tertiary/aromatic N) is 3. The fourth-order valence-corrected chi connectivity index (χ4v) is 1.89. The molecule has 0 fully saturated rings. The van der Waals surface area contributed by atoms with Gasteiger partial charge in [-0.25, -0.2) is 9.67 Å². The minimum Gasteiger partial charge on any atom is -0.383 e. The lowest BCUT2D eigenvalue weighted by molar-refractivity contribution is -0.122. The predicted octanol–water partition coefficient (Wildman–Crippen LogP) is -0.0715. The first kappa shape index (κ1) is 20.6. The normalized spacial score (nSPS) is 11.3. The molecule has 2 aromatic rings. The molecule has 0 bridgehead atoms. The summed E-state index contributed by atoms with van der Waals surface area (Å²) < 4.78 is 6.13. The summed E-state index contributed by atoms with van der Waals surface area (Å²) in [6.07, 6.45) is 1.36. The molecule has 4 N–H and O–H groups in total. The second-order valence-corrected chi connectivity index (χ2v) is 5.08. The lowest BCUT2D eigenvalue weighted by Crippen LogP contribution is -2.39. The standard InChI is InChI=1S/C15H20N6O3.ClH/c1-24-9-12(16)14(23)19-15-18-10-21(20-15)8-13(22)17-7-11-5-3-2-4-6-11;/h2-6,10,12H,7-9,16H2,1H3,(H,17,22)(H,19,20,23);1H. The molecule has 0 radical (unpaired) electrons. The number of nitrogens with two attached hydrogens (primary N) is 1. The van der Waals surface area contributed by atoms with Crippen LogP contribution in [0.25, 0.3) is 0 Å². The minimum atomic E-state index is -0.809. The summed E-state index contributed by atoms with van der Waals surface area (Å²) in [7, 11) is 1.45. The van der Waals surface area contributed by atoms with Gasteiger partial charge in [0.1, 0.15) is 18.9 Å². The van der Waals surface area contributed by atoms with Crippen LogP contribution in [0.15, 0.2) is 36.7 Å². The molecule has 1 aromatic carbocycles. The summed E-state index contributed by atoms with van der Waals surface area (Å²) in [4.78, 5) is 27.5. The third-order valence-corrected chi connectivity index (χ3v) is 3.09. The Morgan fingerprint density at radius 1 is 1.32 bits per heavy atom. The van der Waals surface area contributed by atoms with E-state index in [1.807, 2.05) is 30.3 Å². The van der Waals surface area contributed by atoms with Gasteiger partial charge in [0.05, 0.1) is 6.61 Å². The molecule has 0 spiro atoms. The second-order valence-electron chi connectivity index (χ2n) is 5.08. The van der Waals surface area contributed by atoms with E-state index in [2.05, 4.69) is 20.7 Å². The largest absolute Gasteiger partial charge is 0.383 e. The van der Waals surface area contributed by atoms with Gasteiger partial charge in [-0.1, -0.05) is 30.3 Å². The number of amides is 2. The third kappa shape index (κ3) is 6.87. The molecule has 10 heteroatoms. The molecule has 1 heterocycles. The number of aromatic nitrogens is 3. The molecular formula is C15H21ClN6O3. The Morgan fingerprint density at radius 3 is 2.72 bits per heavy atom. The van der Waals surface area contributed by atoms with E-state index in [0.717, 1.165) is 5.56 Å². The number of hydrogen-bond acceptors (Lipinski definition) is 6. The number of halogens is 1. The molecular weight excluding hydrogens is 348 g/mol. The maximum Gasteiger partial charge on any atom is 0.248 e. The molecule has 1 unspecified atom stereocenters. The van der Waals surface area contributed by atoms with Crippen molar-refractivity contribution in [2.75, 3.05) is 19.0 Å². The zero-order chi connectivity index (χ0) is 17.4. The van der Waals surface area contributed by atoms with Gasteiger partial charge < -0.3 is 15.8 Å². The summed E-state index contributed by atoms with van der Waals surface area (Å²) in [5.41, 5.74) is 6.60. The lowest BCUT2D eigenvalue weighted by atomic mass is 10.2. The number of carbonyl (C=O) groups excluding carboxylic acids is 2. The molecule has 0 aliphatic carbocycles. The van der Waals surface area contributed by atoms with Crippen molar-refractivity contribution in [3.05, 3.63) is 42.2 Å². The first-order valence-corrected chi connectivity index (χ1v) is 7.34. The molecule has 136 valence electrons. The fourth-order valence-electron chi connectivity index (χ4n) is 1.89. The van der Waals surface area contributed by atoms with Crippen LogP contribution in [0, 0.1) is 0 Å². The number of nitrogens with one attached hydrogen (secondary N) is 2. The van der Waals surface area contributed by atoms with Crippen molar-refractivity contribution in [1.29, 1.82) is 0 Å². The van der Waals surface area contributed by atoms with E-state index in [-0.39, 0.29) is 37.4 Å². The van der Waals surface area contributed by atoms with E-state index in [1.165, 1.54) is 18.1 Å². The number of carbonyl (C=O) groups is 2. The summed E-state index contributed by atoms with van der Waals surface area (Å²) in [6, 6.07) is 8.76. The summed E-state index contributed by atoms with van der Waals surface area (Å²) in [6.45, 7) is 0.526. The van der Waals surface area contributed by atoms with Gasteiger partial charge in [0.2, 0.25) is 17.8 Å². The van der Waals surface area contributed by atoms with Crippen molar-refractivity contribution < 1.29 is 14.3 Å². The van der Waals surface area contributed by atoms with E-state index in [9.17, 15) is 9.59 Å². The van der Waals surface area contributed by atoms with Crippen LogP contribution in [0.1, 0.15) is 5.56 Å². The van der Waals surface area contributed by atoms with E-state index >= 15 is 0 Å². The Balaban J connectivity index is 0.00000312. The molecule has 1 atom stereocenters. The van der Waals surface area contributed by atoms with Gasteiger partial charge in [-0.15, -0.1) is 17.5 Å². The summed E-state index contributed by atoms with van der Waals surface area (Å²) >= 11 is 0. The minimum absolute atomic E-state index is 0. The molecule has 25 heavy (non-hydrogen) atoms. The van der Waals surface area contributed by atoms with Gasteiger partial charge >= 0.3 is 0 Å². The Hall–Kier alpha value is -2.49. The van der Waals surface area contributed by atoms with Crippen LogP contribution < -0.4 is 16.4 Å². The van der Waals surface area contributed by atoms with Crippen LogP contribution in [-0.2, 0) is 27.4 Å². The molecule has 0 aliphatic rings. The van der Waals surface area contributed by atoms with Crippen LogP contribution in [0.4, 0.5) is 5.95 Å². The van der Waals surface area contributed by atoms with Crippen LogP contribution in [0.2, 0.25) is 0 Å². The maximum atomic E-state index is 11.9. The van der Waals surface area contributed by atoms with Gasteiger partial charge in [0.15, 0.2) is 0 Å². The van der Waals surface area contributed by atoms with Gasteiger partial charge in [-0.2, -0.15) is 0 Å². The number of benzene rings is 1. The van der Waals surface area contributed by atoms with Crippen LogP contribution in [-0.4, -0.2) is 46.3 Å². The molecule has 9 nitrogen and oxygen atoms in total. The highest BCUT2D eigenvalue weighted by Gasteiger charge is 2.15. The number of hydrogen-bond donors (Lipinski definition) is 3. The van der Waals surface area contributed by atoms with Crippen LogP contribution in [0.5, 0.6) is 0 Å². The quantitative estimate of drug-likeness (QED) is 0.599. The van der Waals surface area contributed by atoms with Crippen LogP contribution in [0.3, 0.4) is 0 Å². The SMILES string of the molecule is COCC(N)C(=O)Nc1ncn(CC(=O)NCc2ccccc2)n1.Cl. The monoisotopic (exact) mass is 368 g/mol. The van der Waals surface area contributed by atoms with Crippen molar-refractivity contribution in [1.82, 2.24) is 20.1 Å². The van der Waals surface area contributed by atoms with Crippen LogP contribution >= 0.6 is 12.4 Å². The van der Waals surface area contributed by atoms with E-state index in [0.29, 0.717) is 6.54 Å². The number of methoxy groups -OCH3 is 1. The van der Waals surface area contributed by atoms with E-state index in [4.69, 9.17) is 10.5 Å². The fraction of sp³-hybridized carbons (Fsp3) is 0.333. The van der Waals surface area contributed by atoms with Gasteiger partial charge in [-0.05, 0) is 5.56 Å². The molecule has 2 amide bonds. The van der Waals surface area contributed by atoms with Gasteiger partial charge in [0, 0.05) is 13.7 Å². The number of anilines is 1.